The number of nitrogens with two attached hydrogens (primary N) is 1. The Hall–Kier alpha value is -2.20. The number of rotatable bonds is 8. The third-order valence-corrected chi connectivity index (χ3v) is 8.74. The molecule has 7 nitrogen and oxygen atoms in total. The van der Waals surface area contributed by atoms with Crippen LogP contribution in [-0.2, 0) is 21.2 Å². The van der Waals surface area contributed by atoms with Gasteiger partial charge in [0.25, 0.3) is 0 Å². The highest BCUT2D eigenvalue weighted by atomic mass is 32.2. The summed E-state index contributed by atoms with van der Waals surface area (Å²) < 4.78 is 27.0. The first-order valence-corrected chi connectivity index (χ1v) is 13.4. The molecule has 3 heterocycles. The molecule has 4 rings (SSSR count). The monoisotopic (exact) mass is 474 g/mol. The zero-order valence-corrected chi connectivity index (χ0v) is 20.1. The van der Waals surface area contributed by atoms with Crippen molar-refractivity contribution in [1.29, 1.82) is 0 Å². The first-order valence-electron chi connectivity index (χ1n) is 10.8. The van der Waals surface area contributed by atoms with Crippen LogP contribution in [0.15, 0.2) is 35.2 Å². The lowest BCUT2D eigenvalue weighted by Gasteiger charge is -2.31. The lowest BCUT2D eigenvalue weighted by molar-refractivity contribution is -0.117. The molecule has 172 valence electrons. The Morgan fingerprint density at radius 3 is 2.62 bits per heavy atom. The van der Waals surface area contributed by atoms with Gasteiger partial charge in [0.2, 0.25) is 15.9 Å². The Labute approximate surface area is 193 Å². The van der Waals surface area contributed by atoms with Crippen LogP contribution in [0.25, 0.3) is 22.0 Å². The molecular weight excluding hydrogens is 444 g/mol. The predicted molar refractivity (Wildman–Crippen MR) is 130 cm³/mol. The maximum Gasteiger partial charge on any atom is 0.221 e. The number of primary amides is 1. The molecule has 1 saturated heterocycles. The van der Waals surface area contributed by atoms with Crippen LogP contribution in [0.3, 0.4) is 0 Å². The highest BCUT2D eigenvalue weighted by molar-refractivity contribution is 7.89. The highest BCUT2D eigenvalue weighted by Crippen LogP contribution is 2.37. The largest absolute Gasteiger partial charge is 0.369 e. The average Bonchev–Trinajstić information content (AvgIpc) is 3.42. The SMILES string of the molecule is CN(C)CCS(=O)(=O)N1CCC(c2c[nH]c3c(CC(N)=O)cc(-c4ccsc4)cc23)CC1. The van der Waals surface area contributed by atoms with Crippen molar-refractivity contribution in [3.63, 3.8) is 0 Å². The van der Waals surface area contributed by atoms with Crippen molar-refractivity contribution in [3.05, 3.63) is 46.3 Å². The Balaban J connectivity index is 1.60. The van der Waals surface area contributed by atoms with Gasteiger partial charge in [-0.1, -0.05) is 0 Å². The fourth-order valence-electron chi connectivity index (χ4n) is 4.46. The van der Waals surface area contributed by atoms with Crippen LogP contribution in [-0.4, -0.2) is 68.0 Å². The van der Waals surface area contributed by atoms with E-state index in [0.29, 0.717) is 19.6 Å². The summed E-state index contributed by atoms with van der Waals surface area (Å²) >= 11 is 1.64. The van der Waals surface area contributed by atoms with Gasteiger partial charge in [-0.3, -0.25) is 4.79 Å². The predicted octanol–water partition coefficient (Wildman–Crippen LogP) is 3.00. The van der Waals surface area contributed by atoms with Crippen molar-refractivity contribution in [3.8, 4) is 11.1 Å². The maximum absolute atomic E-state index is 12.7. The van der Waals surface area contributed by atoms with Gasteiger partial charge in [0.15, 0.2) is 0 Å². The van der Waals surface area contributed by atoms with Crippen molar-refractivity contribution in [2.24, 2.45) is 5.73 Å². The third-order valence-electron chi connectivity index (χ3n) is 6.21. The minimum Gasteiger partial charge on any atom is -0.369 e. The van der Waals surface area contributed by atoms with Gasteiger partial charge in [0.05, 0.1) is 12.2 Å². The lowest BCUT2D eigenvalue weighted by Crippen LogP contribution is -2.41. The van der Waals surface area contributed by atoms with Crippen LogP contribution in [0.2, 0.25) is 0 Å². The maximum atomic E-state index is 12.7. The summed E-state index contributed by atoms with van der Waals surface area (Å²) in [6, 6.07) is 6.28. The molecule has 0 saturated carbocycles. The number of thiophene rings is 1. The van der Waals surface area contributed by atoms with Crippen LogP contribution in [0.5, 0.6) is 0 Å². The second-order valence-electron chi connectivity index (χ2n) is 8.75. The molecule has 1 aromatic carbocycles. The molecule has 0 unspecified atom stereocenters. The van der Waals surface area contributed by atoms with Crippen molar-refractivity contribution in [2.45, 2.75) is 25.2 Å². The van der Waals surface area contributed by atoms with Crippen LogP contribution in [0, 0.1) is 0 Å². The normalized spacial score (nSPS) is 16.2. The molecule has 0 bridgehead atoms. The summed E-state index contributed by atoms with van der Waals surface area (Å²) in [7, 11) is 0.533. The number of nitrogens with one attached hydrogen (secondary N) is 1. The van der Waals surface area contributed by atoms with Crippen LogP contribution < -0.4 is 5.73 Å². The molecule has 2 aromatic heterocycles. The van der Waals surface area contributed by atoms with E-state index in [1.54, 1.807) is 15.6 Å². The minimum absolute atomic E-state index is 0.151. The van der Waals surface area contributed by atoms with Crippen molar-refractivity contribution >= 4 is 38.2 Å². The highest BCUT2D eigenvalue weighted by Gasteiger charge is 2.30. The molecule has 3 aromatic rings. The minimum atomic E-state index is -3.24. The number of aromatic nitrogens is 1. The molecule has 3 N–H and O–H groups in total. The Kier molecular flexibility index (Phi) is 6.71. The van der Waals surface area contributed by atoms with Crippen LogP contribution >= 0.6 is 11.3 Å². The number of fused-ring (bicyclic) bond motifs is 1. The number of hydrogen-bond donors (Lipinski definition) is 2. The molecule has 1 aliphatic rings. The average molecular weight is 475 g/mol. The summed E-state index contributed by atoms with van der Waals surface area (Å²) in [5.74, 6) is 0.0578. The number of H-pyrrole nitrogens is 1. The third kappa shape index (κ3) is 4.91. The second kappa shape index (κ2) is 9.35. The number of piperidine rings is 1. The molecule has 1 aliphatic heterocycles. The van der Waals surface area contributed by atoms with Gasteiger partial charge in [-0.15, -0.1) is 0 Å². The number of carbonyl (C=O) groups is 1. The van der Waals surface area contributed by atoms with Crippen molar-refractivity contribution in [2.75, 3.05) is 39.5 Å². The van der Waals surface area contributed by atoms with Gasteiger partial charge in [0, 0.05) is 36.7 Å². The Morgan fingerprint density at radius 1 is 1.25 bits per heavy atom. The van der Waals surface area contributed by atoms with Gasteiger partial charge < -0.3 is 15.6 Å². The zero-order chi connectivity index (χ0) is 22.9. The van der Waals surface area contributed by atoms with E-state index in [2.05, 4.69) is 22.5 Å². The Morgan fingerprint density at radius 2 is 2.00 bits per heavy atom. The number of benzene rings is 1. The summed E-state index contributed by atoms with van der Waals surface area (Å²) in [6.45, 7) is 1.59. The second-order valence-corrected chi connectivity index (χ2v) is 11.6. The van der Waals surface area contributed by atoms with Gasteiger partial charge in [0.1, 0.15) is 0 Å². The number of nitrogens with zero attached hydrogens (tertiary/aromatic N) is 2. The molecule has 0 aliphatic carbocycles. The Bertz CT molecular complexity index is 1190. The van der Waals surface area contributed by atoms with Crippen molar-refractivity contribution in [1.82, 2.24) is 14.2 Å². The standard InChI is InChI=1S/C23H30N4O3S2/c1-26(2)8-10-32(29,30)27-6-3-16(4-7-27)21-14-25-23-19(13-22(24)28)11-18(12-20(21)23)17-5-9-31-15-17/h5,9,11-12,14-16,25H,3-4,6-8,10,13H2,1-2H3,(H2,24,28). The van der Waals surface area contributed by atoms with Gasteiger partial charge >= 0.3 is 0 Å². The number of amides is 1. The first-order chi connectivity index (χ1) is 15.2. The summed E-state index contributed by atoms with van der Waals surface area (Å²) in [6.07, 6.45) is 3.76. The van der Waals surface area contributed by atoms with Crippen molar-refractivity contribution < 1.29 is 13.2 Å². The van der Waals surface area contributed by atoms with E-state index >= 15 is 0 Å². The lowest BCUT2D eigenvalue weighted by atomic mass is 9.88. The molecule has 0 spiro atoms. The van der Waals surface area contributed by atoms with Crippen LogP contribution in [0.4, 0.5) is 0 Å². The summed E-state index contributed by atoms with van der Waals surface area (Å²) in [5.41, 5.74) is 10.7. The molecule has 1 fully saturated rings. The van der Waals surface area contributed by atoms with E-state index in [0.717, 1.165) is 40.4 Å². The summed E-state index contributed by atoms with van der Waals surface area (Å²) in [5, 5.41) is 5.23. The number of sulfonamides is 1. The first kappa shape index (κ1) is 23.0. The number of carbonyl (C=O) groups excluding carboxylic acids is 1. The van der Waals surface area contributed by atoms with E-state index < -0.39 is 10.0 Å². The van der Waals surface area contributed by atoms with E-state index in [4.69, 9.17) is 5.73 Å². The van der Waals surface area contributed by atoms with E-state index in [-0.39, 0.29) is 24.0 Å². The van der Waals surface area contributed by atoms with Gasteiger partial charge in [-0.2, -0.15) is 11.3 Å². The summed E-state index contributed by atoms with van der Waals surface area (Å²) in [4.78, 5) is 16.9. The molecule has 0 radical (unpaired) electrons. The van der Waals surface area contributed by atoms with Crippen LogP contribution in [0.1, 0.15) is 29.9 Å². The van der Waals surface area contributed by atoms with Gasteiger partial charge in [-0.05, 0) is 84.1 Å². The van der Waals surface area contributed by atoms with E-state index in [1.807, 2.05) is 36.6 Å². The van der Waals surface area contributed by atoms with Gasteiger partial charge in [-0.25, -0.2) is 12.7 Å². The molecular formula is C23H30N4O3S2. The molecule has 9 heteroatoms. The molecule has 0 atom stereocenters. The van der Waals surface area contributed by atoms with E-state index in [9.17, 15) is 13.2 Å². The smallest absolute Gasteiger partial charge is 0.221 e. The topological polar surface area (TPSA) is 99.5 Å². The fourth-order valence-corrected chi connectivity index (χ4v) is 6.75. The number of hydrogen-bond acceptors (Lipinski definition) is 5. The molecule has 32 heavy (non-hydrogen) atoms. The molecule has 1 amide bonds. The zero-order valence-electron chi connectivity index (χ0n) is 18.5. The number of aromatic amines is 1. The quantitative estimate of drug-likeness (QED) is 0.524. The fraction of sp³-hybridized carbons (Fsp3) is 0.435. The van der Waals surface area contributed by atoms with E-state index in [1.165, 1.54) is 5.56 Å².